The molecule has 0 amide bonds. The summed E-state index contributed by atoms with van der Waals surface area (Å²) in [4.78, 5) is 4.49. The molecule has 23 heavy (non-hydrogen) atoms. The molecule has 0 radical (unpaired) electrons. The van der Waals surface area contributed by atoms with E-state index in [1.807, 2.05) is 37.3 Å². The minimum atomic E-state index is -0.558. The molecule has 0 spiro atoms. The monoisotopic (exact) mass is 317 g/mol. The molecule has 0 aliphatic carbocycles. The van der Waals surface area contributed by atoms with Gasteiger partial charge < -0.3 is 10.6 Å². The Morgan fingerprint density at radius 3 is 2.52 bits per heavy atom. The Bertz CT molecular complexity index is 642. The van der Waals surface area contributed by atoms with E-state index in [1.54, 1.807) is 0 Å². The van der Waals surface area contributed by atoms with Crippen molar-refractivity contribution in [1.82, 2.24) is 10.6 Å². The lowest BCUT2D eigenvalue weighted by molar-refractivity contribution is 0.570. The fourth-order valence-corrected chi connectivity index (χ4v) is 2.14. The topological polar surface area (TPSA) is 36.4 Å². The lowest BCUT2D eigenvalue weighted by Crippen LogP contribution is -2.38. The fourth-order valence-electron chi connectivity index (χ4n) is 2.14. The van der Waals surface area contributed by atoms with Gasteiger partial charge in [-0.25, -0.2) is 13.8 Å². The van der Waals surface area contributed by atoms with Crippen LogP contribution < -0.4 is 10.6 Å². The Morgan fingerprint density at radius 1 is 1.04 bits per heavy atom. The second kappa shape index (κ2) is 8.88. The van der Waals surface area contributed by atoms with Gasteiger partial charge in [-0.2, -0.15) is 0 Å². The van der Waals surface area contributed by atoms with Crippen molar-refractivity contribution < 1.29 is 8.78 Å². The smallest absolute Gasteiger partial charge is 0.191 e. The average Bonchev–Trinajstić information content (AvgIpc) is 2.55. The number of rotatable bonds is 6. The van der Waals surface area contributed by atoms with E-state index >= 15 is 0 Å². The standard InChI is InChI=1S/C18H21F2N3/c1-2-21-18(23-13-14-6-4-3-5-7-14)22-11-10-15-8-9-16(19)12-17(15)20/h3-9,12H,2,10-11,13H2,1H3,(H2,21,22,23). The zero-order valence-electron chi connectivity index (χ0n) is 13.2. The molecule has 0 aliphatic rings. The Balaban J connectivity index is 1.89. The molecule has 0 aromatic heterocycles. The number of benzene rings is 2. The number of guanidine groups is 1. The maximum absolute atomic E-state index is 13.6. The highest BCUT2D eigenvalue weighted by molar-refractivity contribution is 5.79. The quantitative estimate of drug-likeness (QED) is 0.634. The lowest BCUT2D eigenvalue weighted by atomic mass is 10.1. The Morgan fingerprint density at radius 2 is 1.83 bits per heavy atom. The zero-order chi connectivity index (χ0) is 16.5. The second-order valence-electron chi connectivity index (χ2n) is 5.09. The summed E-state index contributed by atoms with van der Waals surface area (Å²) in [7, 11) is 0. The molecule has 122 valence electrons. The molecule has 0 aliphatic heterocycles. The molecule has 2 rings (SSSR count). The molecule has 0 bridgehead atoms. The molecule has 5 heteroatoms. The van der Waals surface area contributed by atoms with E-state index in [2.05, 4.69) is 15.6 Å². The molecule has 0 fully saturated rings. The van der Waals surface area contributed by atoms with E-state index in [4.69, 9.17) is 0 Å². The minimum absolute atomic E-state index is 0.460. The minimum Gasteiger partial charge on any atom is -0.357 e. The van der Waals surface area contributed by atoms with Crippen molar-refractivity contribution in [1.29, 1.82) is 0 Å². The van der Waals surface area contributed by atoms with E-state index in [9.17, 15) is 8.78 Å². The van der Waals surface area contributed by atoms with Gasteiger partial charge in [0.15, 0.2) is 5.96 Å². The van der Waals surface area contributed by atoms with Crippen molar-refractivity contribution in [2.45, 2.75) is 19.9 Å². The Kier molecular flexibility index (Phi) is 6.54. The van der Waals surface area contributed by atoms with E-state index in [0.29, 0.717) is 31.0 Å². The highest BCUT2D eigenvalue weighted by Crippen LogP contribution is 2.09. The van der Waals surface area contributed by atoms with Crippen LogP contribution in [0.5, 0.6) is 0 Å². The van der Waals surface area contributed by atoms with Gasteiger partial charge >= 0.3 is 0 Å². The van der Waals surface area contributed by atoms with Crippen molar-refractivity contribution in [3.8, 4) is 0 Å². The Labute approximate surface area is 135 Å². The van der Waals surface area contributed by atoms with Gasteiger partial charge in [-0.05, 0) is 30.5 Å². The third kappa shape index (κ3) is 5.70. The summed E-state index contributed by atoms with van der Waals surface area (Å²) in [6.07, 6.45) is 0.460. The first-order chi connectivity index (χ1) is 11.2. The number of hydrogen-bond acceptors (Lipinski definition) is 1. The fraction of sp³-hybridized carbons (Fsp3) is 0.278. The van der Waals surface area contributed by atoms with E-state index in [0.717, 1.165) is 18.2 Å². The third-order valence-corrected chi connectivity index (χ3v) is 3.31. The molecule has 0 saturated carbocycles. The number of nitrogens with one attached hydrogen (secondary N) is 2. The summed E-state index contributed by atoms with van der Waals surface area (Å²) in [5.74, 6) is -0.395. The normalized spacial score (nSPS) is 11.3. The van der Waals surface area contributed by atoms with Gasteiger partial charge in [0, 0.05) is 19.2 Å². The van der Waals surface area contributed by atoms with Crippen molar-refractivity contribution in [3.05, 3.63) is 71.3 Å². The third-order valence-electron chi connectivity index (χ3n) is 3.31. The molecule has 0 saturated heterocycles. The first kappa shape index (κ1) is 16.9. The van der Waals surface area contributed by atoms with Gasteiger partial charge in [-0.15, -0.1) is 0 Å². The predicted molar refractivity (Wildman–Crippen MR) is 89.3 cm³/mol. The van der Waals surface area contributed by atoms with Crippen LogP contribution in [-0.2, 0) is 13.0 Å². The molecule has 0 atom stereocenters. The largest absolute Gasteiger partial charge is 0.357 e. The van der Waals surface area contributed by atoms with Crippen molar-refractivity contribution >= 4 is 5.96 Å². The van der Waals surface area contributed by atoms with Crippen LogP contribution in [0.2, 0.25) is 0 Å². The predicted octanol–water partition coefficient (Wildman–Crippen LogP) is 3.26. The van der Waals surface area contributed by atoms with E-state index in [-0.39, 0.29) is 0 Å². The van der Waals surface area contributed by atoms with Crippen LogP contribution in [-0.4, -0.2) is 19.0 Å². The van der Waals surface area contributed by atoms with Crippen molar-refractivity contribution in [2.24, 2.45) is 4.99 Å². The number of hydrogen-bond donors (Lipinski definition) is 2. The highest BCUT2D eigenvalue weighted by Gasteiger charge is 2.04. The molecular weight excluding hydrogens is 296 g/mol. The first-order valence-corrected chi connectivity index (χ1v) is 7.69. The molecule has 0 heterocycles. The molecule has 0 unspecified atom stereocenters. The summed E-state index contributed by atoms with van der Waals surface area (Å²) in [5.41, 5.74) is 1.60. The van der Waals surface area contributed by atoms with Crippen molar-refractivity contribution in [2.75, 3.05) is 13.1 Å². The van der Waals surface area contributed by atoms with Gasteiger partial charge in [-0.3, -0.25) is 0 Å². The maximum atomic E-state index is 13.6. The van der Waals surface area contributed by atoms with Gasteiger partial charge in [0.1, 0.15) is 11.6 Å². The molecule has 3 nitrogen and oxygen atoms in total. The lowest BCUT2D eigenvalue weighted by Gasteiger charge is -2.11. The van der Waals surface area contributed by atoms with E-state index < -0.39 is 11.6 Å². The van der Waals surface area contributed by atoms with Crippen LogP contribution in [0.1, 0.15) is 18.1 Å². The first-order valence-electron chi connectivity index (χ1n) is 7.69. The van der Waals surface area contributed by atoms with Crippen LogP contribution in [0.4, 0.5) is 8.78 Å². The van der Waals surface area contributed by atoms with Crippen LogP contribution in [0.25, 0.3) is 0 Å². The maximum Gasteiger partial charge on any atom is 0.191 e. The summed E-state index contributed by atoms with van der Waals surface area (Å²) >= 11 is 0. The average molecular weight is 317 g/mol. The van der Waals surface area contributed by atoms with Crippen LogP contribution in [0, 0.1) is 11.6 Å². The summed E-state index contributed by atoms with van der Waals surface area (Å²) in [6.45, 7) is 3.81. The van der Waals surface area contributed by atoms with Gasteiger partial charge in [0.2, 0.25) is 0 Å². The summed E-state index contributed by atoms with van der Waals surface area (Å²) < 4.78 is 26.5. The van der Waals surface area contributed by atoms with Gasteiger partial charge in [0.25, 0.3) is 0 Å². The van der Waals surface area contributed by atoms with Crippen LogP contribution in [0.15, 0.2) is 53.5 Å². The molecule has 2 aromatic carbocycles. The number of aliphatic imine (C=N–C) groups is 1. The van der Waals surface area contributed by atoms with Crippen LogP contribution >= 0.6 is 0 Å². The zero-order valence-corrected chi connectivity index (χ0v) is 13.2. The van der Waals surface area contributed by atoms with Crippen molar-refractivity contribution in [3.63, 3.8) is 0 Å². The van der Waals surface area contributed by atoms with Crippen LogP contribution in [0.3, 0.4) is 0 Å². The molecule has 2 aromatic rings. The molecule has 2 N–H and O–H groups in total. The van der Waals surface area contributed by atoms with E-state index in [1.165, 1.54) is 12.1 Å². The second-order valence-corrected chi connectivity index (χ2v) is 5.09. The van der Waals surface area contributed by atoms with Gasteiger partial charge in [-0.1, -0.05) is 36.4 Å². The number of nitrogens with zero attached hydrogens (tertiary/aromatic N) is 1. The summed E-state index contributed by atoms with van der Waals surface area (Å²) in [6, 6.07) is 13.6. The van der Waals surface area contributed by atoms with Gasteiger partial charge in [0.05, 0.1) is 6.54 Å². The molecular formula is C18H21F2N3. The number of halogens is 2. The highest BCUT2D eigenvalue weighted by atomic mass is 19.1. The SMILES string of the molecule is CCNC(=NCc1ccccc1)NCCc1ccc(F)cc1F. The Hall–Kier alpha value is -2.43. The summed E-state index contributed by atoms with van der Waals surface area (Å²) in [5, 5.41) is 6.31.